The molecule has 1 atom stereocenters. The summed E-state index contributed by atoms with van der Waals surface area (Å²) in [6.07, 6.45) is 11.0. The van der Waals surface area contributed by atoms with Gasteiger partial charge in [0.05, 0.1) is 13.5 Å². The van der Waals surface area contributed by atoms with Gasteiger partial charge in [0, 0.05) is 18.4 Å². The first-order valence-electron chi connectivity index (χ1n) is 5.19. The van der Waals surface area contributed by atoms with Crippen molar-refractivity contribution in [3.05, 3.63) is 18.7 Å². The van der Waals surface area contributed by atoms with Crippen molar-refractivity contribution in [1.82, 2.24) is 9.55 Å². The summed E-state index contributed by atoms with van der Waals surface area (Å²) in [5, 5.41) is 0. The lowest BCUT2D eigenvalue weighted by Gasteiger charge is -2.11. The first-order chi connectivity index (χ1) is 6.84. The molecule has 1 rings (SSSR count). The normalized spacial score (nSPS) is 11.7. The van der Waals surface area contributed by atoms with Gasteiger partial charge >= 0.3 is 0 Å². The summed E-state index contributed by atoms with van der Waals surface area (Å²) in [6, 6.07) is 0.610. The monoisotopic (exact) mass is 200 g/mol. The average Bonchev–Trinajstić information content (AvgIpc) is 2.74. The predicted molar refractivity (Wildman–Crippen MR) is 58.1 cm³/mol. The van der Waals surface area contributed by atoms with Crippen molar-refractivity contribution in [2.75, 3.05) is 7.18 Å². The van der Waals surface area contributed by atoms with E-state index in [0.717, 1.165) is 0 Å². The van der Waals surface area contributed by atoms with Crippen molar-refractivity contribution in [1.29, 1.82) is 0 Å². The summed E-state index contributed by atoms with van der Waals surface area (Å²) < 4.78 is 11.7. The molecule has 0 saturated carbocycles. The molecule has 2 nitrogen and oxygen atoms in total. The number of hydrogen-bond acceptors (Lipinski definition) is 1. The maximum absolute atomic E-state index is 9.50. The molecule has 0 amide bonds. The van der Waals surface area contributed by atoms with Crippen LogP contribution in [0.3, 0.4) is 0 Å². The number of aromatic nitrogens is 2. The highest BCUT2D eigenvalue weighted by atomic mass is 19.1. The SMILES string of the molecule is CCCCCC(C)n1ccnc1.CF. The van der Waals surface area contributed by atoms with Gasteiger partial charge in [-0.1, -0.05) is 26.2 Å². The Bertz CT molecular complexity index is 197. The summed E-state index contributed by atoms with van der Waals surface area (Å²) in [5.41, 5.74) is 0. The second-order valence-corrected chi connectivity index (χ2v) is 3.35. The first kappa shape index (κ1) is 13.1. The topological polar surface area (TPSA) is 17.8 Å². The zero-order valence-electron chi connectivity index (χ0n) is 9.41. The molecule has 0 aliphatic heterocycles. The number of unbranched alkanes of at least 4 members (excludes halogenated alkanes) is 2. The molecule has 14 heavy (non-hydrogen) atoms. The Kier molecular flexibility index (Phi) is 8.19. The molecular weight excluding hydrogens is 179 g/mol. The van der Waals surface area contributed by atoms with E-state index < -0.39 is 0 Å². The van der Waals surface area contributed by atoms with Gasteiger partial charge in [0.25, 0.3) is 0 Å². The van der Waals surface area contributed by atoms with E-state index in [1.54, 1.807) is 0 Å². The van der Waals surface area contributed by atoms with Crippen molar-refractivity contribution in [2.24, 2.45) is 0 Å². The van der Waals surface area contributed by atoms with Gasteiger partial charge in [-0.3, -0.25) is 4.39 Å². The van der Waals surface area contributed by atoms with Crippen molar-refractivity contribution < 1.29 is 4.39 Å². The number of alkyl halides is 1. The molecule has 1 unspecified atom stereocenters. The Hall–Kier alpha value is -0.860. The molecule has 0 saturated heterocycles. The van der Waals surface area contributed by atoms with Crippen LogP contribution in [0.1, 0.15) is 45.6 Å². The van der Waals surface area contributed by atoms with Gasteiger partial charge < -0.3 is 4.57 Å². The van der Waals surface area contributed by atoms with Gasteiger partial charge in [-0.05, 0) is 13.3 Å². The van der Waals surface area contributed by atoms with E-state index in [4.69, 9.17) is 0 Å². The summed E-state index contributed by atoms with van der Waals surface area (Å²) in [7, 11) is 0.500. The van der Waals surface area contributed by atoms with Crippen molar-refractivity contribution in [3.63, 3.8) is 0 Å². The number of hydrogen-bond donors (Lipinski definition) is 0. The molecule has 1 heterocycles. The third-order valence-electron chi connectivity index (χ3n) is 2.26. The number of rotatable bonds is 5. The zero-order valence-corrected chi connectivity index (χ0v) is 9.41. The van der Waals surface area contributed by atoms with Crippen molar-refractivity contribution >= 4 is 0 Å². The van der Waals surface area contributed by atoms with E-state index in [1.165, 1.54) is 25.7 Å². The number of imidazole rings is 1. The lowest BCUT2D eigenvalue weighted by molar-refractivity contribution is 0.477. The molecule has 0 spiro atoms. The molecule has 0 aromatic carbocycles. The van der Waals surface area contributed by atoms with Gasteiger partial charge in [0.2, 0.25) is 0 Å². The lowest BCUT2D eigenvalue weighted by Crippen LogP contribution is -2.01. The Morgan fingerprint density at radius 2 is 2.07 bits per heavy atom. The fourth-order valence-electron chi connectivity index (χ4n) is 1.37. The average molecular weight is 200 g/mol. The first-order valence-corrected chi connectivity index (χ1v) is 5.19. The molecule has 1 aromatic heterocycles. The van der Waals surface area contributed by atoms with E-state index in [2.05, 4.69) is 23.4 Å². The molecular formula is C11H21FN2. The predicted octanol–water partition coefficient (Wildman–Crippen LogP) is 3.61. The Morgan fingerprint density at radius 3 is 2.57 bits per heavy atom. The van der Waals surface area contributed by atoms with Crippen molar-refractivity contribution in [3.8, 4) is 0 Å². The van der Waals surface area contributed by atoms with Crippen molar-refractivity contribution in [2.45, 2.75) is 45.6 Å². The highest BCUT2D eigenvalue weighted by molar-refractivity contribution is 4.78. The van der Waals surface area contributed by atoms with Crippen LogP contribution in [0.15, 0.2) is 18.7 Å². The fraction of sp³-hybridized carbons (Fsp3) is 0.727. The molecule has 1 aromatic rings. The quantitative estimate of drug-likeness (QED) is 0.664. The highest BCUT2D eigenvalue weighted by Crippen LogP contribution is 2.13. The van der Waals surface area contributed by atoms with Crippen LogP contribution in [0, 0.1) is 0 Å². The third-order valence-corrected chi connectivity index (χ3v) is 2.26. The summed E-state index contributed by atoms with van der Waals surface area (Å²) in [5.74, 6) is 0. The van der Waals surface area contributed by atoms with Crippen LogP contribution in [0.5, 0.6) is 0 Å². The standard InChI is InChI=1S/C10H18N2.CH3F/c1-3-4-5-6-10(2)12-8-7-11-9-12;1-2/h7-10H,3-6H2,1-2H3;1H3. The second kappa shape index (κ2) is 8.73. The van der Waals surface area contributed by atoms with E-state index in [1.807, 2.05) is 18.7 Å². The van der Waals surface area contributed by atoms with Crippen LogP contribution in [0.25, 0.3) is 0 Å². The smallest absolute Gasteiger partial charge is 0.0948 e. The summed E-state index contributed by atoms with van der Waals surface area (Å²) in [6.45, 7) is 4.49. The second-order valence-electron chi connectivity index (χ2n) is 3.35. The largest absolute Gasteiger partial charge is 0.335 e. The van der Waals surface area contributed by atoms with E-state index in [0.29, 0.717) is 13.2 Å². The van der Waals surface area contributed by atoms with Gasteiger partial charge in [-0.25, -0.2) is 4.98 Å². The van der Waals surface area contributed by atoms with Gasteiger partial charge in [-0.15, -0.1) is 0 Å². The van der Waals surface area contributed by atoms with Crippen LogP contribution in [-0.4, -0.2) is 16.7 Å². The maximum Gasteiger partial charge on any atom is 0.0948 e. The number of nitrogens with zero attached hydrogens (tertiary/aromatic N) is 2. The van der Waals surface area contributed by atoms with Gasteiger partial charge in [0.1, 0.15) is 0 Å². The molecule has 0 aliphatic carbocycles. The van der Waals surface area contributed by atoms with Crippen LogP contribution < -0.4 is 0 Å². The minimum atomic E-state index is 0.500. The molecule has 3 heteroatoms. The molecule has 0 radical (unpaired) electrons. The molecule has 0 bridgehead atoms. The molecule has 82 valence electrons. The maximum atomic E-state index is 9.50. The molecule has 0 N–H and O–H groups in total. The Labute approximate surface area is 86.2 Å². The van der Waals surface area contributed by atoms with Gasteiger partial charge in [0.15, 0.2) is 0 Å². The molecule has 0 aliphatic rings. The van der Waals surface area contributed by atoms with Crippen LogP contribution in [0.2, 0.25) is 0 Å². The fourth-order valence-corrected chi connectivity index (χ4v) is 1.37. The highest BCUT2D eigenvalue weighted by Gasteiger charge is 2.01. The zero-order chi connectivity index (χ0) is 10.8. The minimum Gasteiger partial charge on any atom is -0.335 e. The Morgan fingerprint density at radius 1 is 1.36 bits per heavy atom. The van der Waals surface area contributed by atoms with Crippen LogP contribution >= 0.6 is 0 Å². The van der Waals surface area contributed by atoms with Crippen LogP contribution in [-0.2, 0) is 0 Å². The molecule has 0 fully saturated rings. The van der Waals surface area contributed by atoms with E-state index in [-0.39, 0.29) is 0 Å². The minimum absolute atomic E-state index is 0.500. The number of halogens is 1. The third kappa shape index (κ3) is 5.00. The van der Waals surface area contributed by atoms with Gasteiger partial charge in [-0.2, -0.15) is 0 Å². The lowest BCUT2D eigenvalue weighted by atomic mass is 10.1. The Balaban J connectivity index is 0.000000791. The summed E-state index contributed by atoms with van der Waals surface area (Å²) >= 11 is 0. The summed E-state index contributed by atoms with van der Waals surface area (Å²) in [4.78, 5) is 4.03. The van der Waals surface area contributed by atoms with E-state index in [9.17, 15) is 4.39 Å². The van der Waals surface area contributed by atoms with Crippen LogP contribution in [0.4, 0.5) is 4.39 Å². The van der Waals surface area contributed by atoms with E-state index >= 15 is 0 Å².